The zero-order valence-electron chi connectivity index (χ0n) is 28.4. The fraction of sp³-hybridized carbons (Fsp3) is 0.233. The average Bonchev–Trinajstić information content (AvgIpc) is 3.46. The Morgan fingerprint density at radius 2 is 1.30 bits per heavy atom. The number of aromatic nitrogens is 2. The highest BCUT2D eigenvalue weighted by atomic mass is 28.3. The van der Waals surface area contributed by atoms with E-state index in [0.29, 0.717) is 11.8 Å². The van der Waals surface area contributed by atoms with Crippen LogP contribution in [-0.4, -0.2) is 12.6 Å². The number of imidazole rings is 1. The molecule has 1 aliphatic rings. The Kier molecular flexibility index (Phi) is 6.47. The molecule has 7 aromatic rings. The van der Waals surface area contributed by atoms with Crippen LogP contribution in [0.4, 0.5) is 0 Å². The largest absolute Gasteiger partial charge is 0.295 e. The van der Waals surface area contributed by atoms with Gasteiger partial charge in [0.15, 0.2) is 11.0 Å². The second kappa shape index (κ2) is 10.3. The van der Waals surface area contributed by atoms with E-state index in [0.717, 1.165) is 0 Å². The molecule has 46 heavy (non-hydrogen) atoms. The van der Waals surface area contributed by atoms with Crippen molar-refractivity contribution in [3.63, 3.8) is 0 Å². The van der Waals surface area contributed by atoms with E-state index in [1.807, 2.05) is 0 Å². The van der Waals surface area contributed by atoms with Gasteiger partial charge in [-0.3, -0.25) is 0 Å². The summed E-state index contributed by atoms with van der Waals surface area (Å²) in [4.78, 5) is 0. The van der Waals surface area contributed by atoms with Crippen LogP contribution in [0.1, 0.15) is 56.2 Å². The van der Waals surface area contributed by atoms with Crippen LogP contribution in [0, 0.1) is 6.92 Å². The van der Waals surface area contributed by atoms with Gasteiger partial charge in [0.2, 0.25) is 0 Å². The van der Waals surface area contributed by atoms with Crippen LogP contribution < -0.4 is 14.9 Å². The summed E-state index contributed by atoms with van der Waals surface area (Å²) < 4.78 is 5.14. The highest BCUT2D eigenvalue weighted by Gasteiger charge is 2.43. The Morgan fingerprint density at radius 1 is 0.630 bits per heavy atom. The van der Waals surface area contributed by atoms with Crippen molar-refractivity contribution in [2.24, 2.45) is 7.05 Å². The first kappa shape index (κ1) is 29.0. The van der Waals surface area contributed by atoms with Crippen LogP contribution in [0.15, 0.2) is 103 Å². The zero-order valence-corrected chi connectivity index (χ0v) is 29.4. The van der Waals surface area contributed by atoms with Crippen LogP contribution in [0.3, 0.4) is 0 Å². The number of benzene rings is 6. The number of para-hydroxylation sites is 1. The first-order chi connectivity index (χ1) is 22.1. The minimum absolute atomic E-state index is 0.381. The van der Waals surface area contributed by atoms with Crippen LogP contribution >= 0.6 is 0 Å². The van der Waals surface area contributed by atoms with Crippen molar-refractivity contribution in [1.82, 2.24) is 4.57 Å². The highest BCUT2D eigenvalue weighted by Crippen LogP contribution is 2.40. The molecule has 0 fully saturated rings. The van der Waals surface area contributed by atoms with E-state index in [9.17, 15) is 0 Å². The molecule has 0 saturated carbocycles. The minimum Gasteiger partial charge on any atom is -0.225 e. The van der Waals surface area contributed by atoms with Gasteiger partial charge in [-0.2, -0.15) is 4.57 Å². The summed E-state index contributed by atoms with van der Waals surface area (Å²) in [5.74, 6) is 2.01. The molecule has 8 rings (SSSR count). The number of fused-ring (bicyclic) bond motifs is 8. The molecule has 0 atom stereocenters. The lowest BCUT2D eigenvalue weighted by atomic mass is 9.91. The lowest BCUT2D eigenvalue weighted by molar-refractivity contribution is -0.556. The van der Waals surface area contributed by atoms with E-state index in [1.54, 1.807) is 10.4 Å². The fourth-order valence-corrected chi connectivity index (χ4v) is 11.3. The molecule has 0 unspecified atom stereocenters. The van der Waals surface area contributed by atoms with Gasteiger partial charge in [0, 0.05) is 16.7 Å². The Balaban J connectivity index is 1.61. The Bertz CT molecular complexity index is 2340. The van der Waals surface area contributed by atoms with E-state index in [-0.39, 0.29) is 0 Å². The van der Waals surface area contributed by atoms with Gasteiger partial charge in [0.05, 0.1) is 12.6 Å². The van der Waals surface area contributed by atoms with Crippen LogP contribution in [-0.2, 0) is 7.05 Å². The minimum atomic E-state index is -2.00. The average molecular weight is 616 g/mol. The quantitative estimate of drug-likeness (QED) is 0.106. The van der Waals surface area contributed by atoms with Crippen molar-refractivity contribution >= 4 is 51.0 Å². The normalized spacial score (nSPS) is 13.8. The third-order valence-electron chi connectivity index (χ3n) is 10.7. The molecule has 3 heteroatoms. The molecular formula is C43H43N2Si+. The number of hydrogen-bond acceptors (Lipinski definition) is 0. The molecule has 0 aliphatic carbocycles. The molecule has 0 radical (unpaired) electrons. The lowest BCUT2D eigenvalue weighted by Crippen LogP contribution is -2.49. The summed E-state index contributed by atoms with van der Waals surface area (Å²) in [6.07, 6.45) is 0. The van der Waals surface area contributed by atoms with Gasteiger partial charge in [0.25, 0.3) is 5.82 Å². The lowest BCUT2D eigenvalue weighted by Gasteiger charge is -2.20. The van der Waals surface area contributed by atoms with Crippen LogP contribution in [0.2, 0.25) is 13.1 Å². The van der Waals surface area contributed by atoms with Crippen molar-refractivity contribution in [2.45, 2.75) is 59.5 Å². The van der Waals surface area contributed by atoms with Gasteiger partial charge >= 0.3 is 0 Å². The Hall–Kier alpha value is -4.47. The molecule has 6 aromatic carbocycles. The van der Waals surface area contributed by atoms with Crippen molar-refractivity contribution in [3.05, 3.63) is 120 Å². The molecule has 2 heterocycles. The molecule has 1 aromatic heterocycles. The van der Waals surface area contributed by atoms with Gasteiger partial charge in [-0.15, -0.1) is 0 Å². The maximum absolute atomic E-state index is 2.67. The maximum atomic E-state index is 2.67. The number of nitrogens with zero attached hydrogens (tertiary/aromatic N) is 2. The van der Waals surface area contributed by atoms with Crippen molar-refractivity contribution in [3.8, 4) is 28.2 Å². The number of rotatable bonds is 4. The summed E-state index contributed by atoms with van der Waals surface area (Å²) >= 11 is 0. The Morgan fingerprint density at radius 3 is 2.02 bits per heavy atom. The molecular weight excluding hydrogens is 573 g/mol. The van der Waals surface area contributed by atoms with Crippen LogP contribution in [0.5, 0.6) is 0 Å². The number of aryl methyl sites for hydroxylation is 2. The monoisotopic (exact) mass is 615 g/mol. The van der Waals surface area contributed by atoms with Crippen molar-refractivity contribution in [2.75, 3.05) is 0 Å². The molecule has 0 spiro atoms. The molecule has 0 saturated heterocycles. The summed E-state index contributed by atoms with van der Waals surface area (Å²) in [7, 11) is 0.271. The van der Waals surface area contributed by atoms with E-state index in [4.69, 9.17) is 0 Å². The van der Waals surface area contributed by atoms with E-state index in [1.165, 1.54) is 77.5 Å². The third-order valence-corrected chi connectivity index (χ3v) is 14.2. The predicted octanol–water partition coefficient (Wildman–Crippen LogP) is 9.79. The summed E-state index contributed by atoms with van der Waals surface area (Å²) in [6, 6.07) is 39.3. The molecule has 0 bridgehead atoms. The summed E-state index contributed by atoms with van der Waals surface area (Å²) in [5.41, 5.74) is 12.2. The standard InChI is InChI=1S/C43H43N2Si/c1-26(2)31-18-13-19-32(27(3)4)41(31)45-42-37(44(6)43(45)33-16-11-9-14-28(33)5)22-23-38-40(42)36-25-35-30(24-39(36)46(38,7)8)21-20-29-15-10-12-17-34(29)35/h9-27H,1-8H3/q+1. The van der Waals surface area contributed by atoms with Gasteiger partial charge in [-0.05, 0) is 80.0 Å². The van der Waals surface area contributed by atoms with Gasteiger partial charge < -0.3 is 0 Å². The highest BCUT2D eigenvalue weighted by molar-refractivity contribution is 7.04. The molecule has 228 valence electrons. The summed E-state index contributed by atoms with van der Waals surface area (Å²) in [6.45, 7) is 16.7. The smallest absolute Gasteiger partial charge is 0.225 e. The zero-order chi connectivity index (χ0) is 32.1. The van der Waals surface area contributed by atoms with Crippen LogP contribution in [0.25, 0.3) is 60.8 Å². The molecule has 0 N–H and O–H groups in total. The SMILES string of the molecule is Cc1ccccc1-c1n(C)c2ccc3c(c2[n+]1-c1c(C(C)C)cccc1C(C)C)-c1cc2c(ccc4ccccc42)cc1[Si]3(C)C. The molecule has 2 nitrogen and oxygen atoms in total. The van der Waals surface area contributed by atoms with Gasteiger partial charge in [0.1, 0.15) is 13.8 Å². The predicted molar refractivity (Wildman–Crippen MR) is 200 cm³/mol. The molecule has 0 amide bonds. The topological polar surface area (TPSA) is 8.81 Å². The number of hydrogen-bond donors (Lipinski definition) is 0. The van der Waals surface area contributed by atoms with E-state index in [2.05, 4.69) is 167 Å². The first-order valence-corrected chi connectivity index (χ1v) is 19.8. The maximum Gasteiger partial charge on any atom is 0.295 e. The second-order valence-electron chi connectivity index (χ2n) is 14.5. The first-order valence-electron chi connectivity index (χ1n) is 16.8. The fourth-order valence-electron chi connectivity index (χ4n) is 8.28. The van der Waals surface area contributed by atoms with E-state index < -0.39 is 8.07 Å². The third kappa shape index (κ3) is 3.97. The van der Waals surface area contributed by atoms with Gasteiger partial charge in [-0.25, -0.2) is 4.57 Å². The van der Waals surface area contributed by atoms with E-state index >= 15 is 0 Å². The second-order valence-corrected chi connectivity index (χ2v) is 18.8. The van der Waals surface area contributed by atoms with Crippen molar-refractivity contribution < 1.29 is 4.57 Å². The Labute approximate surface area is 274 Å². The summed E-state index contributed by atoms with van der Waals surface area (Å²) in [5, 5.41) is 8.41. The van der Waals surface area contributed by atoms with Gasteiger partial charge in [-0.1, -0.05) is 126 Å². The van der Waals surface area contributed by atoms with Crippen molar-refractivity contribution in [1.29, 1.82) is 0 Å². The molecule has 1 aliphatic heterocycles.